The zero-order valence-corrected chi connectivity index (χ0v) is 9.49. The molecule has 1 aromatic rings. The molecule has 0 aliphatic carbocycles. The van der Waals surface area contributed by atoms with Crippen LogP contribution in [0.5, 0.6) is 0 Å². The van der Waals surface area contributed by atoms with Crippen LogP contribution in [-0.2, 0) is 17.8 Å². The number of rotatable bonds is 2. The SMILES string of the molecule is C=CC(=O)Nc1ccc2c(c1)CN(C)CC2. The normalized spacial score (nSPS) is 15.3. The molecule has 1 heterocycles. The zero-order chi connectivity index (χ0) is 11.5. The largest absolute Gasteiger partial charge is 0.323 e. The summed E-state index contributed by atoms with van der Waals surface area (Å²) in [7, 11) is 2.11. The molecular weight excluding hydrogens is 200 g/mol. The first-order valence-electron chi connectivity index (χ1n) is 5.43. The summed E-state index contributed by atoms with van der Waals surface area (Å²) in [6.07, 6.45) is 2.37. The average Bonchev–Trinajstić information content (AvgIpc) is 2.28. The van der Waals surface area contributed by atoms with Crippen LogP contribution in [0.3, 0.4) is 0 Å². The summed E-state index contributed by atoms with van der Waals surface area (Å²) in [6.45, 7) is 5.49. The summed E-state index contributed by atoms with van der Waals surface area (Å²) in [5.41, 5.74) is 3.53. The number of nitrogens with one attached hydrogen (secondary N) is 1. The van der Waals surface area contributed by atoms with Gasteiger partial charge in [-0.15, -0.1) is 0 Å². The molecular formula is C13H16N2O. The highest BCUT2D eigenvalue weighted by Crippen LogP contribution is 2.21. The van der Waals surface area contributed by atoms with Gasteiger partial charge in [0.1, 0.15) is 0 Å². The lowest BCUT2D eigenvalue weighted by atomic mass is 9.99. The van der Waals surface area contributed by atoms with E-state index in [2.05, 4.69) is 29.9 Å². The van der Waals surface area contributed by atoms with Crippen LogP contribution in [-0.4, -0.2) is 24.4 Å². The Balaban J connectivity index is 2.21. The zero-order valence-electron chi connectivity index (χ0n) is 9.49. The highest BCUT2D eigenvalue weighted by atomic mass is 16.1. The van der Waals surface area contributed by atoms with Gasteiger partial charge in [0, 0.05) is 18.8 Å². The van der Waals surface area contributed by atoms with E-state index < -0.39 is 0 Å². The van der Waals surface area contributed by atoms with Crippen molar-refractivity contribution >= 4 is 11.6 Å². The van der Waals surface area contributed by atoms with Gasteiger partial charge >= 0.3 is 0 Å². The third-order valence-corrected chi connectivity index (χ3v) is 2.86. The van der Waals surface area contributed by atoms with Crippen LogP contribution >= 0.6 is 0 Å². The van der Waals surface area contributed by atoms with Crippen LogP contribution in [0, 0.1) is 0 Å². The Kier molecular flexibility index (Phi) is 3.06. The maximum absolute atomic E-state index is 11.2. The van der Waals surface area contributed by atoms with Crippen molar-refractivity contribution in [2.45, 2.75) is 13.0 Å². The number of hydrogen-bond donors (Lipinski definition) is 1. The lowest BCUT2D eigenvalue weighted by Gasteiger charge is -2.25. The predicted octanol–water partition coefficient (Wildman–Crippen LogP) is 1.80. The van der Waals surface area contributed by atoms with E-state index in [-0.39, 0.29) is 5.91 Å². The average molecular weight is 216 g/mol. The highest BCUT2D eigenvalue weighted by Gasteiger charge is 2.13. The fourth-order valence-electron chi connectivity index (χ4n) is 1.97. The number of carbonyl (C=O) groups excluding carboxylic acids is 1. The third kappa shape index (κ3) is 2.31. The third-order valence-electron chi connectivity index (χ3n) is 2.86. The maximum atomic E-state index is 11.2. The van der Waals surface area contributed by atoms with Gasteiger partial charge in [-0.1, -0.05) is 12.6 Å². The first-order chi connectivity index (χ1) is 7.69. The minimum absolute atomic E-state index is 0.163. The first kappa shape index (κ1) is 10.9. The molecule has 0 atom stereocenters. The molecule has 0 unspecified atom stereocenters. The maximum Gasteiger partial charge on any atom is 0.247 e. The second-order valence-corrected chi connectivity index (χ2v) is 4.16. The van der Waals surface area contributed by atoms with Gasteiger partial charge in [0.25, 0.3) is 0 Å². The summed E-state index contributed by atoms with van der Waals surface area (Å²) in [5.74, 6) is -0.163. The molecule has 1 aliphatic heterocycles. The second-order valence-electron chi connectivity index (χ2n) is 4.16. The lowest BCUT2D eigenvalue weighted by Crippen LogP contribution is -2.26. The van der Waals surface area contributed by atoms with Gasteiger partial charge in [-0.05, 0) is 42.8 Å². The molecule has 0 radical (unpaired) electrons. The Bertz CT molecular complexity index is 426. The van der Waals surface area contributed by atoms with Gasteiger partial charge < -0.3 is 10.2 Å². The fraction of sp³-hybridized carbons (Fsp3) is 0.308. The Morgan fingerprint density at radius 3 is 3.06 bits per heavy atom. The van der Waals surface area contributed by atoms with Crippen molar-refractivity contribution < 1.29 is 4.79 Å². The van der Waals surface area contributed by atoms with Crippen molar-refractivity contribution in [3.63, 3.8) is 0 Å². The number of anilines is 1. The van der Waals surface area contributed by atoms with Crippen LogP contribution < -0.4 is 5.32 Å². The highest BCUT2D eigenvalue weighted by molar-refractivity contribution is 5.98. The van der Waals surface area contributed by atoms with E-state index in [1.54, 1.807) is 0 Å². The van der Waals surface area contributed by atoms with Gasteiger partial charge in [0.2, 0.25) is 5.91 Å². The van der Waals surface area contributed by atoms with Crippen LogP contribution in [0.4, 0.5) is 5.69 Å². The van der Waals surface area contributed by atoms with Gasteiger partial charge in [0.05, 0.1) is 0 Å². The summed E-state index contributed by atoms with van der Waals surface area (Å²) < 4.78 is 0. The predicted molar refractivity (Wildman–Crippen MR) is 65.3 cm³/mol. The van der Waals surface area contributed by atoms with Crippen LogP contribution in [0.25, 0.3) is 0 Å². The molecule has 0 spiro atoms. The van der Waals surface area contributed by atoms with E-state index in [0.29, 0.717) is 0 Å². The lowest BCUT2D eigenvalue weighted by molar-refractivity contribution is -0.111. The summed E-state index contributed by atoms with van der Waals surface area (Å²) >= 11 is 0. The molecule has 1 aromatic carbocycles. The fourth-order valence-corrected chi connectivity index (χ4v) is 1.97. The van der Waals surface area contributed by atoms with E-state index in [1.807, 2.05) is 12.1 Å². The van der Waals surface area contributed by atoms with E-state index in [0.717, 1.165) is 25.2 Å². The van der Waals surface area contributed by atoms with Crippen molar-refractivity contribution in [3.8, 4) is 0 Å². The molecule has 3 heteroatoms. The summed E-state index contributed by atoms with van der Waals surface area (Å²) in [4.78, 5) is 13.5. The number of fused-ring (bicyclic) bond motifs is 1. The minimum atomic E-state index is -0.163. The first-order valence-corrected chi connectivity index (χ1v) is 5.43. The summed E-state index contributed by atoms with van der Waals surface area (Å²) in [5, 5.41) is 2.78. The standard InChI is InChI=1S/C13H16N2O/c1-3-13(16)14-12-5-4-10-6-7-15(2)9-11(10)8-12/h3-5,8H,1,6-7,9H2,2H3,(H,14,16). The molecule has 0 saturated carbocycles. The van der Waals surface area contributed by atoms with Gasteiger partial charge in [-0.2, -0.15) is 0 Å². The molecule has 0 fully saturated rings. The molecule has 0 saturated heterocycles. The molecule has 2 rings (SSSR count). The Labute approximate surface area is 95.8 Å². The number of nitrogens with zero attached hydrogens (tertiary/aromatic N) is 1. The molecule has 84 valence electrons. The Morgan fingerprint density at radius 2 is 2.31 bits per heavy atom. The van der Waals surface area contributed by atoms with Crippen LogP contribution in [0.1, 0.15) is 11.1 Å². The van der Waals surface area contributed by atoms with Gasteiger partial charge in [-0.25, -0.2) is 0 Å². The number of amides is 1. The molecule has 1 aliphatic rings. The minimum Gasteiger partial charge on any atom is -0.323 e. The molecule has 0 bridgehead atoms. The van der Waals surface area contributed by atoms with Gasteiger partial charge in [0.15, 0.2) is 0 Å². The Morgan fingerprint density at radius 1 is 1.50 bits per heavy atom. The van der Waals surface area contributed by atoms with Crippen LogP contribution in [0.15, 0.2) is 30.9 Å². The van der Waals surface area contributed by atoms with E-state index in [9.17, 15) is 4.79 Å². The monoisotopic (exact) mass is 216 g/mol. The number of likely N-dealkylation sites (N-methyl/N-ethyl adjacent to an activating group) is 1. The quantitative estimate of drug-likeness (QED) is 0.764. The number of hydrogen-bond acceptors (Lipinski definition) is 2. The Hall–Kier alpha value is -1.61. The van der Waals surface area contributed by atoms with E-state index in [4.69, 9.17) is 0 Å². The van der Waals surface area contributed by atoms with Crippen molar-refractivity contribution in [1.29, 1.82) is 0 Å². The number of carbonyl (C=O) groups is 1. The molecule has 0 aromatic heterocycles. The van der Waals surface area contributed by atoms with Crippen molar-refractivity contribution in [3.05, 3.63) is 42.0 Å². The second kappa shape index (κ2) is 4.49. The van der Waals surface area contributed by atoms with Crippen molar-refractivity contribution in [2.24, 2.45) is 0 Å². The molecule has 3 nitrogen and oxygen atoms in total. The van der Waals surface area contributed by atoms with Crippen LogP contribution in [0.2, 0.25) is 0 Å². The summed E-state index contributed by atoms with van der Waals surface area (Å²) in [6, 6.07) is 6.10. The number of benzene rings is 1. The molecule has 1 amide bonds. The van der Waals surface area contributed by atoms with Crippen molar-refractivity contribution in [2.75, 3.05) is 18.9 Å². The molecule has 16 heavy (non-hydrogen) atoms. The van der Waals surface area contributed by atoms with E-state index >= 15 is 0 Å². The topological polar surface area (TPSA) is 32.3 Å². The van der Waals surface area contributed by atoms with E-state index in [1.165, 1.54) is 17.2 Å². The van der Waals surface area contributed by atoms with Crippen molar-refractivity contribution in [1.82, 2.24) is 4.90 Å². The molecule has 1 N–H and O–H groups in total. The van der Waals surface area contributed by atoms with Gasteiger partial charge in [-0.3, -0.25) is 4.79 Å². The smallest absolute Gasteiger partial charge is 0.247 e.